The van der Waals surface area contributed by atoms with Gasteiger partial charge in [0.2, 0.25) is 0 Å². The molecule has 3 N–H and O–H groups in total. The molecule has 2 heterocycles. The predicted molar refractivity (Wildman–Crippen MR) is 84.1 cm³/mol. The van der Waals surface area contributed by atoms with E-state index in [9.17, 15) is 4.79 Å². The van der Waals surface area contributed by atoms with E-state index in [0.717, 1.165) is 11.1 Å². The van der Waals surface area contributed by atoms with Crippen LogP contribution in [0.2, 0.25) is 0 Å². The second-order valence-electron chi connectivity index (χ2n) is 5.89. The summed E-state index contributed by atoms with van der Waals surface area (Å²) in [5.74, 6) is 0.484. The molecule has 2 aromatic heterocycles. The van der Waals surface area contributed by atoms with Gasteiger partial charge in [0.25, 0.3) is 0 Å². The molecule has 0 atom stereocenters. The van der Waals surface area contributed by atoms with Crippen molar-refractivity contribution in [3.8, 4) is 11.1 Å². The summed E-state index contributed by atoms with van der Waals surface area (Å²) in [4.78, 5) is 15.6. The molecular formula is C15H21N5O2. The minimum Gasteiger partial charge on any atom is -0.444 e. The molecule has 118 valence electrons. The molecule has 2 rings (SSSR count). The summed E-state index contributed by atoms with van der Waals surface area (Å²) in [5, 5.41) is 6.95. The second-order valence-corrected chi connectivity index (χ2v) is 5.89. The molecule has 0 fully saturated rings. The van der Waals surface area contributed by atoms with E-state index in [1.165, 1.54) is 0 Å². The lowest BCUT2D eigenvalue weighted by Gasteiger charge is -2.19. The molecule has 0 aliphatic carbocycles. The number of pyridine rings is 1. The van der Waals surface area contributed by atoms with Crippen LogP contribution >= 0.6 is 0 Å². The van der Waals surface area contributed by atoms with E-state index < -0.39 is 11.7 Å². The number of alkyl carbamates (subject to hydrolysis) is 1. The van der Waals surface area contributed by atoms with Crippen molar-refractivity contribution in [2.45, 2.75) is 32.9 Å². The first-order valence-corrected chi connectivity index (χ1v) is 7.05. The Morgan fingerprint density at radius 1 is 1.32 bits per heavy atom. The van der Waals surface area contributed by atoms with Gasteiger partial charge in [-0.15, -0.1) is 0 Å². The standard InChI is InChI=1S/C15H21N5O2/c1-15(2,3)22-14(21)17-6-7-20-10-12(9-19-20)11-4-5-13(16)18-8-11/h4-5,8-10H,6-7H2,1-3H3,(H2,16,18)(H,17,21). The van der Waals surface area contributed by atoms with E-state index in [1.54, 1.807) is 23.1 Å². The number of amides is 1. The lowest BCUT2D eigenvalue weighted by Crippen LogP contribution is -2.34. The molecule has 0 aliphatic heterocycles. The van der Waals surface area contributed by atoms with E-state index in [-0.39, 0.29) is 0 Å². The smallest absolute Gasteiger partial charge is 0.407 e. The van der Waals surface area contributed by atoms with Gasteiger partial charge >= 0.3 is 6.09 Å². The number of nitrogens with zero attached hydrogens (tertiary/aromatic N) is 3. The number of anilines is 1. The monoisotopic (exact) mass is 303 g/mol. The SMILES string of the molecule is CC(C)(C)OC(=O)NCCn1cc(-c2ccc(N)nc2)cn1. The summed E-state index contributed by atoms with van der Waals surface area (Å²) in [6.07, 6.45) is 4.92. The topological polar surface area (TPSA) is 95.1 Å². The van der Waals surface area contributed by atoms with Gasteiger partial charge in [0.05, 0.1) is 12.7 Å². The highest BCUT2D eigenvalue weighted by Crippen LogP contribution is 2.17. The Hall–Kier alpha value is -2.57. The van der Waals surface area contributed by atoms with Crippen LogP contribution in [0.3, 0.4) is 0 Å². The van der Waals surface area contributed by atoms with Gasteiger partial charge < -0.3 is 15.8 Å². The lowest BCUT2D eigenvalue weighted by atomic mass is 10.2. The number of hydrogen-bond donors (Lipinski definition) is 2. The zero-order valence-electron chi connectivity index (χ0n) is 13.0. The van der Waals surface area contributed by atoms with Crippen molar-refractivity contribution >= 4 is 11.9 Å². The normalized spacial score (nSPS) is 11.2. The van der Waals surface area contributed by atoms with E-state index in [0.29, 0.717) is 18.9 Å². The first-order chi connectivity index (χ1) is 10.3. The van der Waals surface area contributed by atoms with Crippen LogP contribution in [0.1, 0.15) is 20.8 Å². The minimum absolute atomic E-state index is 0.428. The maximum atomic E-state index is 11.5. The summed E-state index contributed by atoms with van der Waals surface area (Å²) in [6.45, 7) is 6.48. The van der Waals surface area contributed by atoms with Gasteiger partial charge in [0.15, 0.2) is 0 Å². The van der Waals surface area contributed by atoms with Crippen molar-refractivity contribution in [3.05, 3.63) is 30.7 Å². The van der Waals surface area contributed by atoms with E-state index in [2.05, 4.69) is 15.4 Å². The van der Waals surface area contributed by atoms with Crippen molar-refractivity contribution in [1.29, 1.82) is 0 Å². The number of aromatic nitrogens is 3. The molecule has 0 aliphatic rings. The number of nitrogens with two attached hydrogens (primary N) is 1. The first kappa shape index (κ1) is 15.8. The van der Waals surface area contributed by atoms with Crippen LogP contribution < -0.4 is 11.1 Å². The van der Waals surface area contributed by atoms with Gasteiger partial charge in [-0.05, 0) is 32.9 Å². The van der Waals surface area contributed by atoms with Gasteiger partial charge in [-0.3, -0.25) is 4.68 Å². The molecule has 0 saturated carbocycles. The molecule has 7 nitrogen and oxygen atoms in total. The van der Waals surface area contributed by atoms with Crippen molar-refractivity contribution in [3.63, 3.8) is 0 Å². The zero-order valence-corrected chi connectivity index (χ0v) is 13.0. The minimum atomic E-state index is -0.495. The van der Waals surface area contributed by atoms with Crippen LogP contribution in [-0.2, 0) is 11.3 Å². The predicted octanol–water partition coefficient (Wildman–Crippen LogP) is 2.05. The lowest BCUT2D eigenvalue weighted by molar-refractivity contribution is 0.0525. The highest BCUT2D eigenvalue weighted by molar-refractivity contribution is 5.67. The number of carbonyl (C=O) groups excluding carboxylic acids is 1. The molecular weight excluding hydrogens is 282 g/mol. The highest BCUT2D eigenvalue weighted by atomic mass is 16.6. The molecule has 0 spiro atoms. The molecule has 0 saturated heterocycles. The Bertz CT molecular complexity index is 628. The van der Waals surface area contributed by atoms with Crippen LogP contribution in [0, 0.1) is 0 Å². The Labute approximate surface area is 129 Å². The number of hydrogen-bond acceptors (Lipinski definition) is 5. The summed E-state index contributed by atoms with van der Waals surface area (Å²) in [7, 11) is 0. The average Bonchev–Trinajstić information content (AvgIpc) is 2.86. The van der Waals surface area contributed by atoms with Crippen molar-refractivity contribution < 1.29 is 9.53 Å². The first-order valence-electron chi connectivity index (χ1n) is 7.05. The summed E-state index contributed by atoms with van der Waals surface area (Å²) in [5.41, 5.74) is 6.96. The van der Waals surface area contributed by atoms with Gasteiger partial charge in [-0.1, -0.05) is 0 Å². The number of nitrogen functional groups attached to an aromatic ring is 1. The molecule has 2 aromatic rings. The fraction of sp³-hybridized carbons (Fsp3) is 0.400. The molecule has 22 heavy (non-hydrogen) atoms. The van der Waals surface area contributed by atoms with Crippen LogP contribution in [0.4, 0.5) is 10.6 Å². The third kappa shape index (κ3) is 4.76. The third-order valence-electron chi connectivity index (χ3n) is 2.76. The maximum Gasteiger partial charge on any atom is 0.407 e. The molecule has 0 bridgehead atoms. The Morgan fingerprint density at radius 3 is 2.73 bits per heavy atom. The molecule has 0 unspecified atom stereocenters. The number of nitrogens with one attached hydrogen (secondary N) is 1. The van der Waals surface area contributed by atoms with Crippen molar-refractivity contribution in [1.82, 2.24) is 20.1 Å². The van der Waals surface area contributed by atoms with Gasteiger partial charge in [0, 0.05) is 30.1 Å². The van der Waals surface area contributed by atoms with Gasteiger partial charge in [0.1, 0.15) is 11.4 Å². The molecule has 0 radical (unpaired) electrons. The van der Waals surface area contributed by atoms with Crippen LogP contribution in [-0.4, -0.2) is 33.0 Å². The molecule has 0 aromatic carbocycles. The number of rotatable bonds is 4. The Balaban J connectivity index is 1.85. The van der Waals surface area contributed by atoms with E-state index in [1.807, 2.05) is 33.0 Å². The van der Waals surface area contributed by atoms with Gasteiger partial charge in [-0.25, -0.2) is 9.78 Å². The van der Waals surface area contributed by atoms with E-state index in [4.69, 9.17) is 10.5 Å². The fourth-order valence-electron chi connectivity index (χ4n) is 1.80. The fourth-order valence-corrected chi connectivity index (χ4v) is 1.80. The third-order valence-corrected chi connectivity index (χ3v) is 2.76. The van der Waals surface area contributed by atoms with Crippen LogP contribution in [0.5, 0.6) is 0 Å². The summed E-state index contributed by atoms with van der Waals surface area (Å²) < 4.78 is 6.91. The van der Waals surface area contributed by atoms with Crippen molar-refractivity contribution in [2.75, 3.05) is 12.3 Å². The summed E-state index contributed by atoms with van der Waals surface area (Å²) >= 11 is 0. The van der Waals surface area contributed by atoms with Crippen LogP contribution in [0.25, 0.3) is 11.1 Å². The summed E-state index contributed by atoms with van der Waals surface area (Å²) in [6, 6.07) is 3.64. The molecule has 7 heteroatoms. The quantitative estimate of drug-likeness (QED) is 0.901. The van der Waals surface area contributed by atoms with Crippen LogP contribution in [0.15, 0.2) is 30.7 Å². The highest BCUT2D eigenvalue weighted by Gasteiger charge is 2.15. The Morgan fingerprint density at radius 2 is 2.09 bits per heavy atom. The number of ether oxygens (including phenoxy) is 1. The average molecular weight is 303 g/mol. The van der Waals surface area contributed by atoms with Gasteiger partial charge in [-0.2, -0.15) is 5.10 Å². The molecule has 1 amide bonds. The van der Waals surface area contributed by atoms with E-state index >= 15 is 0 Å². The second kappa shape index (κ2) is 6.46. The largest absolute Gasteiger partial charge is 0.444 e. The van der Waals surface area contributed by atoms with Crippen molar-refractivity contribution in [2.24, 2.45) is 0 Å². The Kier molecular flexibility index (Phi) is 4.65. The number of carbonyl (C=O) groups is 1. The maximum absolute atomic E-state index is 11.5. The zero-order chi connectivity index (χ0) is 16.2.